The Labute approximate surface area is 120 Å². The lowest BCUT2D eigenvalue weighted by Gasteiger charge is -2.03. The Balaban J connectivity index is 1.75. The van der Waals surface area contributed by atoms with Gasteiger partial charge in [-0.15, -0.1) is 0 Å². The highest BCUT2D eigenvalue weighted by Crippen LogP contribution is 2.20. The van der Waals surface area contributed by atoms with Crippen molar-refractivity contribution >= 4 is 28.4 Å². The molecule has 1 aromatic carbocycles. The first-order valence-electron chi connectivity index (χ1n) is 6.18. The second-order valence-electron chi connectivity index (χ2n) is 4.45. The molecular weight excluding hydrogens is 274 g/mol. The molecule has 0 saturated carbocycles. The fraction of sp³-hybridized carbons (Fsp3) is 0.0667. The number of benzene rings is 1. The third-order valence-corrected chi connectivity index (χ3v) is 3.26. The van der Waals surface area contributed by atoms with E-state index in [9.17, 15) is 4.79 Å². The number of halogens is 1. The second-order valence-corrected chi connectivity index (χ2v) is 4.89. The van der Waals surface area contributed by atoms with Gasteiger partial charge in [-0.25, -0.2) is 0 Å². The summed E-state index contributed by atoms with van der Waals surface area (Å²) in [6.07, 6.45) is 3.40. The second kappa shape index (κ2) is 5.35. The van der Waals surface area contributed by atoms with Crippen LogP contribution < -0.4 is 5.32 Å². The summed E-state index contributed by atoms with van der Waals surface area (Å²) in [4.78, 5) is 19.1. The average molecular weight is 286 g/mol. The van der Waals surface area contributed by atoms with Gasteiger partial charge in [0.25, 0.3) is 5.91 Å². The molecule has 0 atom stereocenters. The van der Waals surface area contributed by atoms with Crippen LogP contribution in [0.15, 0.2) is 48.8 Å². The number of nitrogens with one attached hydrogen (secondary N) is 2. The van der Waals surface area contributed by atoms with Crippen LogP contribution in [-0.4, -0.2) is 15.9 Å². The van der Waals surface area contributed by atoms with Crippen LogP contribution in [0.3, 0.4) is 0 Å². The number of fused-ring (bicyclic) bond motifs is 1. The molecule has 0 aliphatic rings. The highest BCUT2D eigenvalue weighted by Gasteiger charge is 2.09. The van der Waals surface area contributed by atoms with E-state index < -0.39 is 0 Å². The summed E-state index contributed by atoms with van der Waals surface area (Å²) in [6, 6.07) is 11.0. The molecule has 0 fully saturated rings. The van der Waals surface area contributed by atoms with E-state index in [4.69, 9.17) is 11.6 Å². The monoisotopic (exact) mass is 285 g/mol. The number of carbonyl (C=O) groups excluding carboxylic acids is 1. The average Bonchev–Trinajstić information content (AvgIpc) is 2.89. The third kappa shape index (κ3) is 2.65. The van der Waals surface area contributed by atoms with Crippen molar-refractivity contribution in [2.24, 2.45) is 0 Å². The van der Waals surface area contributed by atoms with Gasteiger partial charge in [0, 0.05) is 34.9 Å². The van der Waals surface area contributed by atoms with Gasteiger partial charge in [0.1, 0.15) is 5.69 Å². The summed E-state index contributed by atoms with van der Waals surface area (Å²) in [5.41, 5.74) is 2.42. The van der Waals surface area contributed by atoms with Crippen LogP contribution in [0.25, 0.3) is 10.9 Å². The summed E-state index contributed by atoms with van der Waals surface area (Å²) in [7, 11) is 0. The topological polar surface area (TPSA) is 57.8 Å². The molecular formula is C15H12ClN3O. The molecule has 0 spiro atoms. The number of hydrogen-bond donors (Lipinski definition) is 2. The fourth-order valence-electron chi connectivity index (χ4n) is 2.00. The van der Waals surface area contributed by atoms with Gasteiger partial charge in [-0.3, -0.25) is 9.78 Å². The first kappa shape index (κ1) is 12.7. The largest absolute Gasteiger partial charge is 0.351 e. The Morgan fingerprint density at radius 3 is 2.80 bits per heavy atom. The van der Waals surface area contributed by atoms with E-state index in [-0.39, 0.29) is 5.91 Å². The van der Waals surface area contributed by atoms with Gasteiger partial charge in [0.05, 0.1) is 0 Å². The maximum atomic E-state index is 12.1. The highest BCUT2D eigenvalue weighted by atomic mass is 35.5. The minimum absolute atomic E-state index is 0.144. The van der Waals surface area contributed by atoms with Crippen molar-refractivity contribution in [1.82, 2.24) is 15.3 Å². The number of H-pyrrole nitrogens is 1. The molecule has 0 saturated heterocycles. The maximum Gasteiger partial charge on any atom is 0.267 e. The molecule has 100 valence electrons. The Morgan fingerprint density at radius 1 is 1.20 bits per heavy atom. The predicted octanol–water partition coefficient (Wildman–Crippen LogP) is 3.15. The molecule has 0 unspecified atom stereocenters. The number of pyridine rings is 1. The summed E-state index contributed by atoms with van der Waals surface area (Å²) in [5, 5.41) is 4.44. The van der Waals surface area contributed by atoms with Gasteiger partial charge in [-0.1, -0.05) is 11.6 Å². The molecule has 2 N–H and O–H groups in total. The lowest BCUT2D eigenvalue weighted by molar-refractivity contribution is 0.0947. The number of aromatic amines is 1. The van der Waals surface area contributed by atoms with Crippen LogP contribution in [0, 0.1) is 0 Å². The van der Waals surface area contributed by atoms with Gasteiger partial charge in [0.15, 0.2) is 0 Å². The van der Waals surface area contributed by atoms with E-state index >= 15 is 0 Å². The summed E-state index contributed by atoms with van der Waals surface area (Å²) < 4.78 is 0. The van der Waals surface area contributed by atoms with Crippen molar-refractivity contribution in [3.63, 3.8) is 0 Å². The zero-order chi connectivity index (χ0) is 13.9. The number of aromatic nitrogens is 2. The van der Waals surface area contributed by atoms with Crippen molar-refractivity contribution in [1.29, 1.82) is 0 Å². The first-order valence-corrected chi connectivity index (χ1v) is 6.55. The molecule has 0 aliphatic heterocycles. The minimum atomic E-state index is -0.144. The van der Waals surface area contributed by atoms with E-state index in [0.29, 0.717) is 17.3 Å². The SMILES string of the molecule is O=C(NCc1ccncc1)c1cc2cc(Cl)ccc2[nH]1. The number of carbonyl (C=O) groups is 1. The molecule has 4 nitrogen and oxygen atoms in total. The van der Waals surface area contributed by atoms with Crippen molar-refractivity contribution in [3.05, 3.63) is 65.1 Å². The Morgan fingerprint density at radius 2 is 2.00 bits per heavy atom. The molecule has 0 radical (unpaired) electrons. The van der Waals surface area contributed by atoms with Crippen LogP contribution in [0.1, 0.15) is 16.1 Å². The Hall–Kier alpha value is -2.33. The predicted molar refractivity (Wildman–Crippen MR) is 78.7 cm³/mol. The molecule has 5 heteroatoms. The molecule has 2 aromatic heterocycles. The van der Waals surface area contributed by atoms with Crippen molar-refractivity contribution in [2.45, 2.75) is 6.54 Å². The number of rotatable bonds is 3. The zero-order valence-electron chi connectivity index (χ0n) is 10.6. The van der Waals surface area contributed by atoms with Crippen molar-refractivity contribution in [2.75, 3.05) is 0 Å². The third-order valence-electron chi connectivity index (χ3n) is 3.03. The number of nitrogens with zero attached hydrogens (tertiary/aromatic N) is 1. The molecule has 0 aliphatic carbocycles. The smallest absolute Gasteiger partial charge is 0.267 e. The van der Waals surface area contributed by atoms with Gasteiger partial charge in [-0.05, 0) is 42.0 Å². The highest BCUT2D eigenvalue weighted by molar-refractivity contribution is 6.31. The van der Waals surface area contributed by atoms with Gasteiger partial charge in [-0.2, -0.15) is 0 Å². The molecule has 0 bridgehead atoms. The lowest BCUT2D eigenvalue weighted by atomic mass is 10.2. The summed E-state index contributed by atoms with van der Waals surface area (Å²) >= 11 is 5.93. The first-order chi connectivity index (χ1) is 9.72. The maximum absolute atomic E-state index is 12.1. The van der Waals surface area contributed by atoms with E-state index in [0.717, 1.165) is 16.5 Å². The van der Waals surface area contributed by atoms with Crippen LogP contribution in [-0.2, 0) is 6.54 Å². The summed E-state index contributed by atoms with van der Waals surface area (Å²) in [6.45, 7) is 0.470. The van der Waals surface area contributed by atoms with Gasteiger partial charge < -0.3 is 10.3 Å². The molecule has 2 heterocycles. The Bertz CT molecular complexity index is 752. The molecule has 20 heavy (non-hydrogen) atoms. The minimum Gasteiger partial charge on any atom is -0.351 e. The van der Waals surface area contributed by atoms with E-state index in [1.54, 1.807) is 24.5 Å². The normalized spacial score (nSPS) is 10.7. The molecule has 3 rings (SSSR count). The quantitative estimate of drug-likeness (QED) is 0.777. The van der Waals surface area contributed by atoms with Crippen molar-refractivity contribution < 1.29 is 4.79 Å². The van der Waals surface area contributed by atoms with Crippen LogP contribution >= 0.6 is 11.6 Å². The standard InChI is InChI=1S/C15H12ClN3O/c16-12-1-2-13-11(7-12)8-14(19-13)15(20)18-9-10-3-5-17-6-4-10/h1-8,19H,9H2,(H,18,20). The molecule has 3 aromatic rings. The lowest BCUT2D eigenvalue weighted by Crippen LogP contribution is -2.23. The fourth-order valence-corrected chi connectivity index (χ4v) is 2.18. The summed E-state index contributed by atoms with van der Waals surface area (Å²) in [5.74, 6) is -0.144. The number of amides is 1. The molecule has 1 amide bonds. The van der Waals surface area contributed by atoms with E-state index in [1.807, 2.05) is 24.3 Å². The van der Waals surface area contributed by atoms with Crippen LogP contribution in [0.2, 0.25) is 5.02 Å². The van der Waals surface area contributed by atoms with Gasteiger partial charge in [0.2, 0.25) is 0 Å². The zero-order valence-corrected chi connectivity index (χ0v) is 11.3. The van der Waals surface area contributed by atoms with Crippen molar-refractivity contribution in [3.8, 4) is 0 Å². The Kier molecular flexibility index (Phi) is 3.39. The van der Waals surface area contributed by atoms with E-state index in [1.165, 1.54) is 0 Å². The van der Waals surface area contributed by atoms with E-state index in [2.05, 4.69) is 15.3 Å². The van der Waals surface area contributed by atoms with Gasteiger partial charge >= 0.3 is 0 Å². The number of hydrogen-bond acceptors (Lipinski definition) is 2. The van der Waals surface area contributed by atoms with Crippen LogP contribution in [0.5, 0.6) is 0 Å². The van der Waals surface area contributed by atoms with Crippen LogP contribution in [0.4, 0.5) is 0 Å².